The molecule has 4 nitrogen and oxygen atoms in total. The number of aliphatic hydroxyl groups is 1. The number of hydrogen-bond donors (Lipinski definition) is 1. The van der Waals surface area contributed by atoms with E-state index in [0.717, 1.165) is 64.6 Å². The van der Waals surface area contributed by atoms with Crippen LogP contribution in [0, 0.1) is 23.8 Å². The van der Waals surface area contributed by atoms with Gasteiger partial charge < -0.3 is 9.52 Å². The molecule has 0 bridgehead atoms. The predicted octanol–water partition coefficient (Wildman–Crippen LogP) is 13.6. The van der Waals surface area contributed by atoms with Gasteiger partial charge in [-0.3, -0.25) is 9.78 Å². The van der Waals surface area contributed by atoms with Gasteiger partial charge in [0.25, 0.3) is 0 Å². The maximum atomic E-state index is 12.2. The van der Waals surface area contributed by atoms with Gasteiger partial charge in [0.1, 0.15) is 17.1 Å². The Labute approximate surface area is 321 Å². The molecule has 0 atom stereocenters. The van der Waals surface area contributed by atoms with Crippen molar-refractivity contribution in [3.8, 4) is 22.6 Å². The van der Waals surface area contributed by atoms with E-state index >= 15 is 0 Å². The molecule has 3 heterocycles. The zero-order valence-corrected chi connectivity index (χ0v) is 35.0. The molecule has 3 aromatic carbocycles. The summed E-state index contributed by atoms with van der Waals surface area (Å²) in [5.41, 5.74) is 4.38. The third-order valence-electron chi connectivity index (χ3n) is 10.8. The number of fused-ring (bicyclic) bond motifs is 3. The minimum atomic E-state index is -0.337. The minimum Gasteiger partial charge on any atom is -0.512 e. The van der Waals surface area contributed by atoms with Gasteiger partial charge in [-0.05, 0) is 79.8 Å². The van der Waals surface area contributed by atoms with Crippen LogP contribution < -0.4 is 0 Å². The summed E-state index contributed by atoms with van der Waals surface area (Å²) < 4.78 is 7.75. The van der Waals surface area contributed by atoms with E-state index in [4.69, 9.17) is 9.40 Å². The summed E-state index contributed by atoms with van der Waals surface area (Å²) in [6, 6.07) is 27.2. The molecule has 0 saturated carbocycles. The Bertz CT molecular complexity index is 2170. The van der Waals surface area contributed by atoms with Crippen LogP contribution in [0.15, 0.2) is 89.2 Å². The van der Waals surface area contributed by atoms with Crippen molar-refractivity contribution in [2.45, 2.75) is 100 Å². The molecule has 6 aromatic rings. The second-order valence-electron chi connectivity index (χ2n) is 15.1. The quantitative estimate of drug-likeness (QED) is 0.0893. The predicted molar refractivity (Wildman–Crippen MR) is 213 cm³/mol. The third-order valence-corrected chi connectivity index (χ3v) is 11.8. The summed E-state index contributed by atoms with van der Waals surface area (Å²) in [4.78, 5) is 18.2. The minimum absolute atomic E-state index is 0. The Morgan fingerprint density at radius 3 is 2.18 bits per heavy atom. The summed E-state index contributed by atoms with van der Waals surface area (Å²) in [6.07, 6.45) is 6.62. The number of carbonyl (C=O) groups excluding carboxylic acids is 1. The van der Waals surface area contributed by atoms with Crippen LogP contribution >= 0.6 is 11.3 Å². The van der Waals surface area contributed by atoms with E-state index in [1.165, 1.54) is 32.0 Å². The van der Waals surface area contributed by atoms with E-state index in [-0.39, 0.29) is 47.9 Å². The van der Waals surface area contributed by atoms with E-state index in [9.17, 15) is 9.90 Å². The number of ketones is 1. The van der Waals surface area contributed by atoms with Crippen LogP contribution in [-0.4, -0.2) is 15.9 Å². The summed E-state index contributed by atoms with van der Waals surface area (Å²) in [5.74, 6) is 1.15. The van der Waals surface area contributed by atoms with Gasteiger partial charge in [0.05, 0.1) is 0 Å². The van der Waals surface area contributed by atoms with Gasteiger partial charge in [-0.25, -0.2) is 0 Å². The number of thiophene rings is 1. The number of rotatable bonds is 9. The first-order valence-electron chi connectivity index (χ1n) is 18.0. The SMILES string of the molecule is CCC(C)(CC)C(=O)/C=C(\O)C(C)(CC)CC.Cc1cc2cc(-c3cc4ccnc(-c5[c-]c6ccccc6c(C(C)(C)C)c5)c4o3)ccc2s1.[Ir]. The molecule has 0 fully saturated rings. The molecular weight excluding hydrogens is 827 g/mol. The van der Waals surface area contributed by atoms with Gasteiger partial charge >= 0.3 is 0 Å². The van der Waals surface area contributed by atoms with Crippen LogP contribution in [0.3, 0.4) is 0 Å². The third kappa shape index (κ3) is 8.40. The number of hydrogen-bond acceptors (Lipinski definition) is 5. The van der Waals surface area contributed by atoms with Crippen molar-refractivity contribution in [1.29, 1.82) is 0 Å². The zero-order chi connectivity index (χ0) is 36.4. The maximum Gasteiger partial charge on any atom is 0.164 e. The van der Waals surface area contributed by atoms with Crippen LogP contribution in [0.5, 0.6) is 0 Å². The zero-order valence-electron chi connectivity index (χ0n) is 31.8. The number of aryl methyl sites for hydroxylation is 1. The Morgan fingerprint density at radius 1 is 0.863 bits per heavy atom. The number of nitrogens with zero attached hydrogens (tertiary/aromatic N) is 1. The normalized spacial score (nSPS) is 12.5. The molecule has 1 radical (unpaired) electrons. The number of furan rings is 1. The van der Waals surface area contributed by atoms with Crippen molar-refractivity contribution in [3.05, 3.63) is 101 Å². The van der Waals surface area contributed by atoms with Gasteiger partial charge in [0.15, 0.2) is 5.78 Å². The first kappa shape index (κ1) is 40.2. The fraction of sp³-hybridized carbons (Fsp3) is 0.378. The molecule has 0 spiro atoms. The Kier molecular flexibility index (Phi) is 12.6. The van der Waals surface area contributed by atoms with Crippen molar-refractivity contribution >= 4 is 48.9 Å². The summed E-state index contributed by atoms with van der Waals surface area (Å²) >= 11 is 1.82. The first-order chi connectivity index (χ1) is 23.7. The average Bonchev–Trinajstić information content (AvgIpc) is 3.72. The molecular formula is C45H52IrNO3S-. The molecule has 1 N–H and O–H groups in total. The van der Waals surface area contributed by atoms with Crippen LogP contribution in [0.1, 0.15) is 98.4 Å². The molecule has 271 valence electrons. The smallest absolute Gasteiger partial charge is 0.164 e. The number of carbonyl (C=O) groups is 1. The number of benzene rings is 3. The fourth-order valence-electron chi connectivity index (χ4n) is 6.29. The van der Waals surface area contributed by atoms with Gasteiger partial charge in [0.2, 0.25) is 0 Å². The summed E-state index contributed by atoms with van der Waals surface area (Å²) in [7, 11) is 0. The van der Waals surface area contributed by atoms with Crippen molar-refractivity contribution in [2.75, 3.05) is 0 Å². The molecule has 6 heteroatoms. The molecule has 0 aliphatic heterocycles. The van der Waals surface area contributed by atoms with E-state index in [0.29, 0.717) is 0 Å². The van der Waals surface area contributed by atoms with Crippen molar-refractivity contribution in [1.82, 2.24) is 4.98 Å². The maximum absolute atomic E-state index is 12.2. The number of aliphatic hydroxyl groups excluding tert-OH is 1. The molecule has 0 saturated heterocycles. The van der Waals surface area contributed by atoms with E-state index in [2.05, 4.69) is 94.4 Å². The number of allylic oxidation sites excluding steroid dienone is 2. The molecule has 0 amide bonds. The van der Waals surface area contributed by atoms with Crippen LogP contribution in [0.25, 0.3) is 54.4 Å². The van der Waals surface area contributed by atoms with Gasteiger partial charge in [-0.2, -0.15) is 0 Å². The van der Waals surface area contributed by atoms with Gasteiger partial charge in [0, 0.05) is 69.4 Å². The van der Waals surface area contributed by atoms with Crippen molar-refractivity contribution in [3.63, 3.8) is 0 Å². The van der Waals surface area contributed by atoms with E-state index < -0.39 is 0 Å². The van der Waals surface area contributed by atoms with Crippen LogP contribution in [0.4, 0.5) is 0 Å². The van der Waals surface area contributed by atoms with Gasteiger partial charge in [-0.1, -0.05) is 91.5 Å². The fourth-order valence-corrected chi connectivity index (χ4v) is 7.19. The Hall–Kier alpha value is -3.57. The Morgan fingerprint density at radius 2 is 1.53 bits per heavy atom. The molecule has 3 aromatic heterocycles. The average molecular weight is 879 g/mol. The first-order valence-corrected chi connectivity index (χ1v) is 18.8. The molecule has 51 heavy (non-hydrogen) atoms. The summed E-state index contributed by atoms with van der Waals surface area (Å²) in [5, 5.41) is 14.8. The largest absolute Gasteiger partial charge is 0.512 e. The van der Waals surface area contributed by atoms with Crippen LogP contribution in [0.2, 0.25) is 0 Å². The van der Waals surface area contributed by atoms with E-state index in [1.807, 2.05) is 65.1 Å². The van der Waals surface area contributed by atoms with Crippen molar-refractivity contribution < 1.29 is 34.4 Å². The molecule has 0 unspecified atom stereocenters. The second kappa shape index (κ2) is 16.0. The molecule has 6 rings (SSSR count). The van der Waals surface area contributed by atoms with E-state index in [1.54, 1.807) is 0 Å². The standard InChI is InChI=1S/C30H24NOS.C15H28O2.Ir/c1-18-13-22-15-20(9-10-27(22)33-18)26-17-21-11-12-31-28(29(21)32-26)23-14-19-7-5-6-8-24(19)25(16-23)30(2,3)4;1-7-14(5,8-2)12(16)11-13(17)15(6,9-3)10-4;/h5-13,15-17H,1-4H3;11,16H,7-10H2,1-6H3;/q-1;;/b;12-11-;. The van der Waals surface area contributed by atoms with Crippen molar-refractivity contribution in [2.24, 2.45) is 10.8 Å². The Balaban J connectivity index is 0.000000279. The number of aromatic nitrogens is 1. The van der Waals surface area contributed by atoms with Gasteiger partial charge in [-0.15, -0.1) is 40.5 Å². The topological polar surface area (TPSA) is 63.3 Å². The molecule has 0 aliphatic rings. The molecule has 0 aliphatic carbocycles. The van der Waals surface area contributed by atoms with Crippen LogP contribution in [-0.2, 0) is 30.3 Å². The summed E-state index contributed by atoms with van der Waals surface area (Å²) in [6.45, 7) is 21.0. The number of pyridine rings is 1. The second-order valence-corrected chi connectivity index (χ2v) is 16.4. The monoisotopic (exact) mass is 879 g/mol.